The maximum atomic E-state index is 13.4. The van der Waals surface area contributed by atoms with E-state index in [-0.39, 0.29) is 16.6 Å². The van der Waals surface area contributed by atoms with Crippen LogP contribution in [0.1, 0.15) is 290 Å². The van der Waals surface area contributed by atoms with Crippen molar-refractivity contribution in [1.29, 1.82) is 0 Å². The van der Waals surface area contributed by atoms with Gasteiger partial charge in [0, 0.05) is 19.3 Å². The van der Waals surface area contributed by atoms with E-state index in [4.69, 9.17) is 0 Å². The van der Waals surface area contributed by atoms with Crippen molar-refractivity contribution in [1.82, 2.24) is 0 Å². The Labute approximate surface area is 364 Å². The molecule has 338 valence electrons. The zero-order valence-electron chi connectivity index (χ0n) is 39.3. The summed E-state index contributed by atoms with van der Waals surface area (Å²) in [4.78, 5) is 40.3. The third kappa shape index (κ3) is 41.4. The minimum atomic E-state index is -1.82. The standard InChI is InChI=1S/C54H99O3P/c1-4-7-10-13-16-19-22-25-28-31-34-37-40-43-46-49-52(55)58(53(56)50-47-44-41-38-35-32-29-26-23-20-17-14-11-8-5-2)54(57)51-48-45-42-39-36-33-30-27-24-21-18-15-12-9-6-3/h25-30H,4-24,31-51H2,1-3H3. The second kappa shape index (κ2) is 48.3. The molecule has 58 heavy (non-hydrogen) atoms. The molecule has 0 aliphatic rings. The van der Waals surface area contributed by atoms with Gasteiger partial charge in [0.15, 0.2) is 16.6 Å². The smallest absolute Gasteiger partial charge is 0.169 e. The minimum Gasteiger partial charge on any atom is -0.294 e. The zero-order chi connectivity index (χ0) is 42.3. The third-order valence-corrected chi connectivity index (χ3v) is 13.9. The van der Waals surface area contributed by atoms with Gasteiger partial charge >= 0.3 is 0 Å². The van der Waals surface area contributed by atoms with E-state index in [2.05, 4.69) is 57.2 Å². The first-order valence-corrected chi connectivity index (χ1v) is 27.3. The van der Waals surface area contributed by atoms with Crippen LogP contribution in [-0.4, -0.2) is 16.6 Å². The molecule has 0 amide bonds. The largest absolute Gasteiger partial charge is 0.294 e. The van der Waals surface area contributed by atoms with E-state index in [1.165, 1.54) is 173 Å². The number of allylic oxidation sites excluding steroid dienone is 6. The highest BCUT2D eigenvalue weighted by Crippen LogP contribution is 2.44. The lowest BCUT2D eigenvalue weighted by atomic mass is 10.1. The van der Waals surface area contributed by atoms with Crippen molar-refractivity contribution in [3.63, 3.8) is 0 Å². The van der Waals surface area contributed by atoms with Crippen LogP contribution in [0, 0.1) is 0 Å². The molecule has 0 saturated carbocycles. The van der Waals surface area contributed by atoms with Gasteiger partial charge in [0.05, 0.1) is 0 Å². The maximum absolute atomic E-state index is 13.4. The zero-order valence-corrected chi connectivity index (χ0v) is 40.2. The van der Waals surface area contributed by atoms with Crippen molar-refractivity contribution in [2.24, 2.45) is 0 Å². The molecule has 0 aromatic rings. The molecule has 0 N–H and O–H groups in total. The van der Waals surface area contributed by atoms with Gasteiger partial charge in [-0.05, 0) is 96.3 Å². The molecule has 0 aliphatic heterocycles. The molecule has 0 saturated heterocycles. The van der Waals surface area contributed by atoms with Gasteiger partial charge in [-0.3, -0.25) is 14.4 Å². The fourth-order valence-electron chi connectivity index (χ4n) is 7.79. The lowest BCUT2D eigenvalue weighted by Gasteiger charge is -2.14. The fraction of sp³-hybridized carbons (Fsp3) is 0.833. The Kier molecular flexibility index (Phi) is 47.2. The van der Waals surface area contributed by atoms with Crippen LogP contribution in [0.15, 0.2) is 36.5 Å². The van der Waals surface area contributed by atoms with Gasteiger partial charge in [0.1, 0.15) is 7.92 Å². The first-order valence-electron chi connectivity index (χ1n) is 25.9. The van der Waals surface area contributed by atoms with Crippen LogP contribution in [0.3, 0.4) is 0 Å². The summed E-state index contributed by atoms with van der Waals surface area (Å²) in [5.41, 5.74) is -0.116. The number of carbonyl (C=O) groups is 3. The van der Waals surface area contributed by atoms with Gasteiger partial charge in [0.25, 0.3) is 0 Å². The Morgan fingerprint density at radius 3 is 0.638 bits per heavy atom. The summed E-state index contributed by atoms with van der Waals surface area (Å²) in [5.74, 6) is 0. The summed E-state index contributed by atoms with van der Waals surface area (Å²) in [6, 6.07) is 0. The molecule has 4 heteroatoms. The van der Waals surface area contributed by atoms with Crippen molar-refractivity contribution >= 4 is 24.5 Å². The van der Waals surface area contributed by atoms with Gasteiger partial charge in [-0.25, -0.2) is 0 Å². The Balaban J connectivity index is 4.46. The van der Waals surface area contributed by atoms with Crippen LogP contribution in [0.5, 0.6) is 0 Å². The highest BCUT2D eigenvalue weighted by Gasteiger charge is 2.31. The maximum Gasteiger partial charge on any atom is 0.169 e. The molecule has 0 aliphatic carbocycles. The van der Waals surface area contributed by atoms with Gasteiger partial charge < -0.3 is 0 Å². The van der Waals surface area contributed by atoms with E-state index in [9.17, 15) is 14.4 Å². The van der Waals surface area contributed by atoms with Crippen molar-refractivity contribution in [3.8, 4) is 0 Å². The summed E-state index contributed by atoms with van der Waals surface area (Å²) in [5, 5.41) is 0. The van der Waals surface area contributed by atoms with Crippen LogP contribution >= 0.6 is 7.92 Å². The Bertz CT molecular complexity index is 857. The lowest BCUT2D eigenvalue weighted by molar-refractivity contribution is -0.116. The molecule has 0 radical (unpaired) electrons. The third-order valence-electron chi connectivity index (χ3n) is 11.7. The molecule has 0 rings (SSSR count). The van der Waals surface area contributed by atoms with Crippen molar-refractivity contribution < 1.29 is 14.4 Å². The molecule has 0 fully saturated rings. The van der Waals surface area contributed by atoms with Crippen LogP contribution in [0.4, 0.5) is 0 Å². The van der Waals surface area contributed by atoms with Crippen LogP contribution in [0.25, 0.3) is 0 Å². The van der Waals surface area contributed by atoms with Gasteiger partial charge in [0.2, 0.25) is 0 Å². The molecular formula is C54H99O3P. The average molecular weight is 827 g/mol. The van der Waals surface area contributed by atoms with Crippen LogP contribution < -0.4 is 0 Å². The summed E-state index contributed by atoms with van der Waals surface area (Å²) in [6.45, 7) is 6.81. The van der Waals surface area contributed by atoms with Gasteiger partial charge in [-0.1, -0.05) is 211 Å². The minimum absolute atomic E-state index is 0.0388. The Morgan fingerprint density at radius 2 is 0.431 bits per heavy atom. The molecule has 3 nitrogen and oxygen atoms in total. The second-order valence-corrected chi connectivity index (χ2v) is 19.7. The van der Waals surface area contributed by atoms with E-state index in [0.29, 0.717) is 19.3 Å². The average Bonchev–Trinajstić information content (AvgIpc) is 3.22. The van der Waals surface area contributed by atoms with E-state index >= 15 is 0 Å². The first kappa shape index (κ1) is 56.7. The van der Waals surface area contributed by atoms with Crippen LogP contribution in [-0.2, 0) is 14.4 Å². The Morgan fingerprint density at radius 1 is 0.259 bits per heavy atom. The fourth-order valence-corrected chi connectivity index (χ4v) is 9.77. The number of unbranched alkanes of at least 4 members (excludes halogenated alkanes) is 33. The monoisotopic (exact) mass is 827 g/mol. The molecule has 0 aromatic carbocycles. The highest BCUT2D eigenvalue weighted by molar-refractivity contribution is 8.01. The quantitative estimate of drug-likeness (QED) is 0.0349. The second-order valence-electron chi connectivity index (χ2n) is 17.5. The summed E-state index contributed by atoms with van der Waals surface area (Å²) >= 11 is 0. The molecule has 0 aromatic heterocycles. The molecule has 0 atom stereocenters. The molecule has 0 bridgehead atoms. The van der Waals surface area contributed by atoms with E-state index in [1.54, 1.807) is 0 Å². The van der Waals surface area contributed by atoms with Crippen molar-refractivity contribution in [3.05, 3.63) is 36.5 Å². The summed E-state index contributed by atoms with van der Waals surface area (Å²) in [7, 11) is -1.82. The number of hydrogen-bond donors (Lipinski definition) is 0. The molecule has 0 spiro atoms. The predicted octanol–water partition coefficient (Wildman–Crippen LogP) is 19.2. The number of rotatable bonds is 48. The number of hydrogen-bond acceptors (Lipinski definition) is 3. The predicted molar refractivity (Wildman–Crippen MR) is 260 cm³/mol. The van der Waals surface area contributed by atoms with E-state index in [0.717, 1.165) is 77.0 Å². The highest BCUT2D eigenvalue weighted by atomic mass is 31.1. The molecule has 0 unspecified atom stereocenters. The van der Waals surface area contributed by atoms with Crippen LogP contribution in [0.2, 0.25) is 0 Å². The van der Waals surface area contributed by atoms with Gasteiger partial charge in [-0.2, -0.15) is 0 Å². The normalized spacial score (nSPS) is 12.5. The summed E-state index contributed by atoms with van der Waals surface area (Å²) in [6.07, 6.45) is 62.9. The van der Waals surface area contributed by atoms with Gasteiger partial charge in [-0.15, -0.1) is 0 Å². The number of carbonyl (C=O) groups excluding carboxylic acids is 3. The lowest BCUT2D eigenvalue weighted by Crippen LogP contribution is -2.13. The van der Waals surface area contributed by atoms with Crippen molar-refractivity contribution in [2.45, 2.75) is 290 Å². The summed E-state index contributed by atoms with van der Waals surface area (Å²) < 4.78 is 0. The molecule has 0 heterocycles. The first-order chi connectivity index (χ1) is 28.6. The topological polar surface area (TPSA) is 51.2 Å². The Hall–Kier alpha value is -1.34. The van der Waals surface area contributed by atoms with E-state index in [1.807, 2.05) is 0 Å². The van der Waals surface area contributed by atoms with E-state index < -0.39 is 7.92 Å². The van der Waals surface area contributed by atoms with Crippen molar-refractivity contribution in [2.75, 3.05) is 0 Å². The molecular weight excluding hydrogens is 728 g/mol. The SMILES string of the molecule is CCCCCCCCC=CCCCCCCCC(=O)P(C(=O)CCCCCCCC=CCCCCCCCC)C(=O)CCCCCCCC=CCCCCCCCC.